The molecule has 7 heteroatoms. The van der Waals surface area contributed by atoms with Crippen LogP contribution >= 0.6 is 0 Å². The van der Waals surface area contributed by atoms with Gasteiger partial charge in [-0.1, -0.05) is 5.46 Å². The first-order valence-corrected chi connectivity index (χ1v) is 4.49. The van der Waals surface area contributed by atoms with Gasteiger partial charge in [0.25, 0.3) is 0 Å². The molecule has 0 aliphatic heterocycles. The van der Waals surface area contributed by atoms with Crippen LogP contribution in [0.1, 0.15) is 6.92 Å². The summed E-state index contributed by atoms with van der Waals surface area (Å²) in [5.74, 6) is 0.0263. The second kappa shape index (κ2) is 6.90. The van der Waals surface area contributed by atoms with E-state index in [0.717, 1.165) is 6.07 Å². The average molecular weight is 258 g/mol. The number of halogens is 3. The zero-order valence-corrected chi connectivity index (χ0v) is 12.6. The van der Waals surface area contributed by atoms with Crippen LogP contribution in [0.3, 0.4) is 0 Å². The number of rotatable bonds is 4. The zero-order chi connectivity index (χ0) is 11.5. The third-order valence-electron chi connectivity index (χ3n) is 1.87. The second-order valence-electron chi connectivity index (χ2n) is 2.91. The Morgan fingerprint density at radius 3 is 2.31 bits per heavy atom. The normalized spacial score (nSPS) is 10.6. The van der Waals surface area contributed by atoms with E-state index in [0.29, 0.717) is 0 Å². The Morgan fingerprint density at radius 1 is 1.25 bits per heavy atom. The molecule has 1 aromatic carbocycles. The van der Waals surface area contributed by atoms with E-state index in [9.17, 15) is 12.9 Å². The van der Waals surface area contributed by atoms with Crippen LogP contribution in [0.25, 0.3) is 0 Å². The molecule has 0 N–H and O–H groups in total. The summed E-state index contributed by atoms with van der Waals surface area (Å²) in [5, 5.41) is 0. The summed E-state index contributed by atoms with van der Waals surface area (Å²) in [6, 6.07) is 3.66. The van der Waals surface area contributed by atoms with Gasteiger partial charge in [0.05, 0.1) is 19.5 Å². The Kier molecular flexibility index (Phi) is 7.04. The maximum absolute atomic E-state index is 12.6. The van der Waals surface area contributed by atoms with E-state index in [-0.39, 0.29) is 69.5 Å². The van der Waals surface area contributed by atoms with Crippen LogP contribution in [-0.2, 0) is 0 Å². The van der Waals surface area contributed by atoms with Gasteiger partial charge in [-0.25, -0.2) is 0 Å². The van der Waals surface area contributed by atoms with E-state index in [1.807, 2.05) is 0 Å². The fourth-order valence-electron chi connectivity index (χ4n) is 1.20. The molecule has 0 heterocycles. The summed E-state index contributed by atoms with van der Waals surface area (Å²) in [7, 11) is 1.32. The summed E-state index contributed by atoms with van der Waals surface area (Å²) in [6.45, 7) is -3.24. The number of methoxy groups -OCH3 is 1. The van der Waals surface area contributed by atoms with Gasteiger partial charge in [-0.05, 0) is 25.1 Å². The van der Waals surface area contributed by atoms with Crippen LogP contribution in [0.4, 0.5) is 12.9 Å². The molecule has 1 rings (SSSR count). The van der Waals surface area contributed by atoms with Crippen molar-refractivity contribution in [1.29, 1.82) is 0 Å². The fourth-order valence-corrected chi connectivity index (χ4v) is 1.20. The third kappa shape index (κ3) is 4.29. The molecule has 0 saturated heterocycles. The standard InChI is InChI=1S/C9H11BF3O2.K/c1-3-15-9-5-4-7(14-2)6-8(9)10(11,12)13;/h4-6H,3H2,1-2H3;/q-1;+1. The topological polar surface area (TPSA) is 18.5 Å². The van der Waals surface area contributed by atoms with Crippen molar-refractivity contribution in [3.05, 3.63) is 18.2 Å². The Balaban J connectivity index is 0.00000225. The molecule has 0 aliphatic carbocycles. The fraction of sp³-hybridized carbons (Fsp3) is 0.333. The van der Waals surface area contributed by atoms with Crippen molar-refractivity contribution in [3.63, 3.8) is 0 Å². The van der Waals surface area contributed by atoms with Crippen molar-refractivity contribution in [2.75, 3.05) is 13.7 Å². The monoisotopic (exact) mass is 258 g/mol. The molecule has 0 radical (unpaired) electrons. The molecule has 0 aromatic heterocycles. The smallest absolute Gasteiger partial charge is 0.497 e. The van der Waals surface area contributed by atoms with E-state index in [1.165, 1.54) is 19.2 Å². The molecule has 0 aliphatic rings. The Morgan fingerprint density at radius 2 is 1.88 bits per heavy atom. The number of hydrogen-bond acceptors (Lipinski definition) is 2. The maximum atomic E-state index is 12.6. The predicted octanol–water partition coefficient (Wildman–Crippen LogP) is -0.848. The van der Waals surface area contributed by atoms with E-state index < -0.39 is 12.4 Å². The quantitative estimate of drug-likeness (QED) is 0.655. The number of ether oxygens (including phenoxy) is 2. The third-order valence-corrected chi connectivity index (χ3v) is 1.87. The number of benzene rings is 1. The molecule has 1 aromatic rings. The van der Waals surface area contributed by atoms with Gasteiger partial charge in [-0.3, -0.25) is 0 Å². The van der Waals surface area contributed by atoms with Gasteiger partial charge >= 0.3 is 58.4 Å². The van der Waals surface area contributed by atoms with Gasteiger partial charge < -0.3 is 22.4 Å². The first kappa shape index (κ1) is 16.3. The molecule has 0 saturated carbocycles. The van der Waals surface area contributed by atoms with Gasteiger partial charge in [-0.15, -0.1) is 0 Å². The number of hydrogen-bond donors (Lipinski definition) is 0. The van der Waals surface area contributed by atoms with Gasteiger partial charge in [-0.2, -0.15) is 0 Å². The Labute approximate surface area is 135 Å². The molecule has 2 nitrogen and oxygen atoms in total. The summed E-state index contributed by atoms with van der Waals surface area (Å²) >= 11 is 0. The minimum atomic E-state index is -5.08. The van der Waals surface area contributed by atoms with Crippen LogP contribution in [0, 0.1) is 0 Å². The van der Waals surface area contributed by atoms with Crippen LogP contribution in [0.2, 0.25) is 0 Å². The SMILES string of the molecule is CCOc1ccc(OC)cc1[B-](F)(F)F.[K+]. The van der Waals surface area contributed by atoms with Crippen molar-refractivity contribution >= 4 is 12.4 Å². The first-order chi connectivity index (χ1) is 6.99. The minimum Gasteiger partial charge on any atom is -0.497 e. The molecule has 0 fully saturated rings. The molecule has 0 unspecified atom stereocenters. The van der Waals surface area contributed by atoms with Gasteiger partial charge in [0.1, 0.15) is 5.75 Å². The molecule has 16 heavy (non-hydrogen) atoms. The van der Waals surface area contributed by atoms with Gasteiger partial charge in [0, 0.05) is 0 Å². The van der Waals surface area contributed by atoms with Gasteiger partial charge in [0.2, 0.25) is 0 Å². The second-order valence-corrected chi connectivity index (χ2v) is 2.91. The maximum Gasteiger partial charge on any atom is 1.00 e. The van der Waals surface area contributed by atoms with Crippen molar-refractivity contribution in [2.45, 2.75) is 6.92 Å². The average Bonchev–Trinajstić information content (AvgIpc) is 2.17. The van der Waals surface area contributed by atoms with Crippen molar-refractivity contribution in [2.24, 2.45) is 0 Å². The van der Waals surface area contributed by atoms with E-state index in [4.69, 9.17) is 9.47 Å². The molecule has 84 valence electrons. The minimum absolute atomic E-state index is 0. The van der Waals surface area contributed by atoms with Crippen LogP contribution in [-0.4, -0.2) is 20.7 Å². The molecular weight excluding hydrogens is 247 g/mol. The van der Waals surface area contributed by atoms with Crippen LogP contribution in [0.15, 0.2) is 18.2 Å². The first-order valence-electron chi connectivity index (χ1n) is 4.49. The Hall–Kier alpha value is 0.311. The van der Waals surface area contributed by atoms with E-state index in [2.05, 4.69) is 0 Å². The van der Waals surface area contributed by atoms with E-state index >= 15 is 0 Å². The summed E-state index contributed by atoms with van der Waals surface area (Å²) in [6.07, 6.45) is 0. The molecule has 0 spiro atoms. The van der Waals surface area contributed by atoms with Crippen molar-refractivity contribution < 1.29 is 73.8 Å². The molecule has 0 atom stereocenters. The molecule has 0 amide bonds. The Bertz CT molecular complexity index is 344. The summed E-state index contributed by atoms with van der Waals surface area (Å²) in [5.41, 5.74) is -0.754. The van der Waals surface area contributed by atoms with Crippen LogP contribution in [0.5, 0.6) is 11.5 Å². The van der Waals surface area contributed by atoms with Crippen LogP contribution < -0.4 is 66.3 Å². The summed E-state index contributed by atoms with van der Waals surface area (Å²) in [4.78, 5) is 0. The van der Waals surface area contributed by atoms with Crippen molar-refractivity contribution in [1.82, 2.24) is 0 Å². The summed E-state index contributed by atoms with van der Waals surface area (Å²) < 4.78 is 47.5. The van der Waals surface area contributed by atoms with E-state index in [1.54, 1.807) is 6.92 Å². The predicted molar refractivity (Wildman–Crippen MR) is 52.9 cm³/mol. The molecule has 0 bridgehead atoms. The van der Waals surface area contributed by atoms with Crippen molar-refractivity contribution in [3.8, 4) is 11.5 Å². The molecular formula is C9H11BF3KO2. The van der Waals surface area contributed by atoms with Gasteiger partial charge in [0.15, 0.2) is 0 Å². The largest absolute Gasteiger partial charge is 1.00 e. The zero-order valence-electron chi connectivity index (χ0n) is 9.47.